The highest BCUT2D eigenvalue weighted by Crippen LogP contribution is 2.22. The van der Waals surface area contributed by atoms with Gasteiger partial charge in [-0.1, -0.05) is 42.5 Å². The van der Waals surface area contributed by atoms with E-state index in [1.54, 1.807) is 12.4 Å². The second-order valence-electron chi connectivity index (χ2n) is 7.58. The largest absolute Gasteiger partial charge is 0.352 e. The van der Waals surface area contributed by atoms with Gasteiger partial charge in [-0.2, -0.15) is 0 Å². The summed E-state index contributed by atoms with van der Waals surface area (Å²) in [6, 6.07) is 21.7. The van der Waals surface area contributed by atoms with Gasteiger partial charge in [-0.25, -0.2) is 0 Å². The molecule has 1 N–H and O–H groups in total. The van der Waals surface area contributed by atoms with Crippen LogP contribution in [0.2, 0.25) is 0 Å². The molecule has 1 aromatic heterocycles. The Hall–Kier alpha value is -3.47. The average molecular weight is 399 g/mol. The first-order valence-electron chi connectivity index (χ1n) is 10.3. The van der Waals surface area contributed by atoms with Gasteiger partial charge in [0.2, 0.25) is 5.91 Å². The number of aromatic nitrogens is 1. The van der Waals surface area contributed by atoms with Gasteiger partial charge in [0.05, 0.1) is 0 Å². The van der Waals surface area contributed by atoms with Crippen molar-refractivity contribution in [1.29, 1.82) is 0 Å². The van der Waals surface area contributed by atoms with Gasteiger partial charge in [0, 0.05) is 43.5 Å². The summed E-state index contributed by atoms with van der Waals surface area (Å²) in [6.45, 7) is 1.72. The van der Waals surface area contributed by atoms with Crippen molar-refractivity contribution >= 4 is 11.8 Å². The summed E-state index contributed by atoms with van der Waals surface area (Å²) in [5, 5.41) is 3.00. The Balaban J connectivity index is 1.29. The molecule has 0 radical (unpaired) electrons. The number of pyridine rings is 1. The average Bonchev–Trinajstić information content (AvgIpc) is 2.83. The predicted molar refractivity (Wildman–Crippen MR) is 117 cm³/mol. The number of amides is 2. The molecule has 0 bridgehead atoms. The van der Waals surface area contributed by atoms with E-state index in [1.807, 2.05) is 59.5 Å². The number of benzene rings is 2. The number of carbonyl (C=O) groups excluding carboxylic acids is 2. The van der Waals surface area contributed by atoms with Crippen LogP contribution < -0.4 is 5.32 Å². The van der Waals surface area contributed by atoms with Crippen LogP contribution in [0.3, 0.4) is 0 Å². The number of likely N-dealkylation sites (tertiary alicyclic amines) is 1. The predicted octanol–water partition coefficient (Wildman–Crippen LogP) is 3.92. The SMILES string of the molecule is O=C(NCc1ccncc1)C1CCN(C(=O)c2ccc(-c3ccccc3)cc2)CC1. The van der Waals surface area contributed by atoms with E-state index >= 15 is 0 Å². The van der Waals surface area contributed by atoms with E-state index in [0.29, 0.717) is 38.0 Å². The number of nitrogens with zero attached hydrogens (tertiary/aromatic N) is 2. The van der Waals surface area contributed by atoms with Crippen LogP contribution in [0.4, 0.5) is 0 Å². The van der Waals surface area contributed by atoms with Crippen LogP contribution in [-0.2, 0) is 11.3 Å². The molecule has 0 aliphatic carbocycles. The minimum atomic E-state index is -0.0451. The van der Waals surface area contributed by atoms with Crippen LogP contribution in [0.5, 0.6) is 0 Å². The molecule has 5 heteroatoms. The van der Waals surface area contributed by atoms with E-state index < -0.39 is 0 Å². The van der Waals surface area contributed by atoms with E-state index in [0.717, 1.165) is 16.7 Å². The van der Waals surface area contributed by atoms with Gasteiger partial charge in [0.25, 0.3) is 5.91 Å². The first-order valence-corrected chi connectivity index (χ1v) is 10.3. The second kappa shape index (κ2) is 9.35. The van der Waals surface area contributed by atoms with Gasteiger partial charge in [0.1, 0.15) is 0 Å². The third kappa shape index (κ3) is 4.74. The topological polar surface area (TPSA) is 62.3 Å². The Morgan fingerprint density at radius 1 is 0.867 bits per heavy atom. The normalized spacial score (nSPS) is 14.3. The lowest BCUT2D eigenvalue weighted by Crippen LogP contribution is -2.42. The van der Waals surface area contributed by atoms with Crippen LogP contribution in [0.15, 0.2) is 79.1 Å². The van der Waals surface area contributed by atoms with Crippen LogP contribution in [0.25, 0.3) is 11.1 Å². The molecule has 2 heterocycles. The van der Waals surface area contributed by atoms with Crippen molar-refractivity contribution in [3.63, 3.8) is 0 Å². The fourth-order valence-corrected chi connectivity index (χ4v) is 3.80. The molecule has 1 aliphatic rings. The van der Waals surface area contributed by atoms with Gasteiger partial charge in [-0.3, -0.25) is 14.6 Å². The number of piperidine rings is 1. The number of hydrogen-bond donors (Lipinski definition) is 1. The molecule has 5 nitrogen and oxygen atoms in total. The molecule has 0 spiro atoms. The lowest BCUT2D eigenvalue weighted by atomic mass is 9.95. The minimum absolute atomic E-state index is 0.0326. The number of hydrogen-bond acceptors (Lipinski definition) is 3. The fraction of sp³-hybridized carbons (Fsp3) is 0.240. The zero-order chi connectivity index (χ0) is 20.8. The molecule has 1 saturated heterocycles. The standard InChI is InChI=1S/C25H25N3O2/c29-24(27-18-19-10-14-26-15-11-19)22-12-16-28(17-13-22)25(30)23-8-6-21(7-9-23)20-4-2-1-3-5-20/h1-11,14-15,22H,12-13,16-18H2,(H,27,29). The molecule has 0 unspecified atom stereocenters. The van der Waals surface area contributed by atoms with Crippen LogP contribution >= 0.6 is 0 Å². The zero-order valence-electron chi connectivity index (χ0n) is 16.8. The lowest BCUT2D eigenvalue weighted by Gasteiger charge is -2.31. The Labute approximate surface area is 176 Å². The fourth-order valence-electron chi connectivity index (χ4n) is 3.80. The van der Waals surface area contributed by atoms with E-state index in [1.165, 1.54) is 0 Å². The summed E-state index contributed by atoms with van der Waals surface area (Å²) in [5.41, 5.74) is 3.95. The first kappa shape index (κ1) is 19.8. The van der Waals surface area contributed by atoms with Crippen LogP contribution in [0, 0.1) is 5.92 Å². The van der Waals surface area contributed by atoms with E-state index in [2.05, 4.69) is 22.4 Å². The molecule has 2 amide bonds. The smallest absolute Gasteiger partial charge is 0.253 e. The molecule has 30 heavy (non-hydrogen) atoms. The number of nitrogens with one attached hydrogen (secondary N) is 1. The lowest BCUT2D eigenvalue weighted by molar-refractivity contribution is -0.126. The quantitative estimate of drug-likeness (QED) is 0.707. The maximum atomic E-state index is 12.9. The summed E-state index contributed by atoms with van der Waals surface area (Å²) in [7, 11) is 0. The number of carbonyl (C=O) groups is 2. The van der Waals surface area contributed by atoms with Gasteiger partial charge < -0.3 is 10.2 Å². The Bertz CT molecular complexity index is 980. The van der Waals surface area contributed by atoms with E-state index in [9.17, 15) is 9.59 Å². The van der Waals surface area contributed by atoms with Crippen molar-refractivity contribution in [2.24, 2.45) is 5.92 Å². The molecular formula is C25H25N3O2. The number of rotatable bonds is 5. The summed E-state index contributed by atoms with van der Waals surface area (Å²) in [5.74, 6) is 0.0488. The van der Waals surface area contributed by atoms with Crippen molar-refractivity contribution in [3.8, 4) is 11.1 Å². The van der Waals surface area contributed by atoms with Gasteiger partial charge in [0.15, 0.2) is 0 Å². The van der Waals surface area contributed by atoms with Crippen molar-refractivity contribution in [2.75, 3.05) is 13.1 Å². The van der Waals surface area contributed by atoms with Crippen molar-refractivity contribution in [2.45, 2.75) is 19.4 Å². The molecular weight excluding hydrogens is 374 g/mol. The Morgan fingerprint density at radius 2 is 1.50 bits per heavy atom. The third-order valence-electron chi connectivity index (χ3n) is 5.61. The van der Waals surface area contributed by atoms with Crippen molar-refractivity contribution in [3.05, 3.63) is 90.3 Å². The molecule has 0 atom stereocenters. The molecule has 152 valence electrons. The summed E-state index contributed by atoms with van der Waals surface area (Å²) < 4.78 is 0. The van der Waals surface area contributed by atoms with Crippen LogP contribution in [0.1, 0.15) is 28.8 Å². The summed E-state index contributed by atoms with van der Waals surface area (Å²) in [6.07, 6.45) is 4.82. The van der Waals surface area contributed by atoms with Crippen molar-refractivity contribution in [1.82, 2.24) is 15.2 Å². The second-order valence-corrected chi connectivity index (χ2v) is 7.58. The molecule has 0 saturated carbocycles. The zero-order valence-corrected chi connectivity index (χ0v) is 16.8. The maximum Gasteiger partial charge on any atom is 0.253 e. The summed E-state index contributed by atoms with van der Waals surface area (Å²) >= 11 is 0. The molecule has 2 aromatic carbocycles. The maximum absolute atomic E-state index is 12.9. The van der Waals surface area contributed by atoms with Crippen LogP contribution in [-0.4, -0.2) is 34.8 Å². The molecule has 4 rings (SSSR count). The highest BCUT2D eigenvalue weighted by atomic mass is 16.2. The Morgan fingerprint density at radius 3 is 2.17 bits per heavy atom. The first-order chi connectivity index (χ1) is 14.7. The van der Waals surface area contributed by atoms with E-state index in [-0.39, 0.29) is 17.7 Å². The Kier molecular flexibility index (Phi) is 6.18. The summed E-state index contributed by atoms with van der Waals surface area (Å²) in [4.78, 5) is 31.1. The van der Waals surface area contributed by atoms with Crippen molar-refractivity contribution < 1.29 is 9.59 Å². The highest BCUT2D eigenvalue weighted by Gasteiger charge is 2.27. The monoisotopic (exact) mass is 399 g/mol. The van der Waals surface area contributed by atoms with Gasteiger partial charge >= 0.3 is 0 Å². The highest BCUT2D eigenvalue weighted by molar-refractivity contribution is 5.95. The van der Waals surface area contributed by atoms with E-state index in [4.69, 9.17) is 0 Å². The van der Waals surface area contributed by atoms with Gasteiger partial charge in [-0.15, -0.1) is 0 Å². The molecule has 3 aromatic rings. The minimum Gasteiger partial charge on any atom is -0.352 e. The molecule has 1 fully saturated rings. The third-order valence-corrected chi connectivity index (χ3v) is 5.61. The van der Waals surface area contributed by atoms with Gasteiger partial charge in [-0.05, 0) is 53.8 Å². The molecule has 1 aliphatic heterocycles.